The number of carbonyl (C=O) groups is 2. The van der Waals surface area contributed by atoms with E-state index in [1.165, 1.54) is 29.8 Å². The lowest BCUT2D eigenvalue weighted by Crippen LogP contribution is -2.39. The van der Waals surface area contributed by atoms with E-state index in [1.807, 2.05) is 6.07 Å². The number of hydrogen-bond donors (Lipinski definition) is 2. The van der Waals surface area contributed by atoms with Gasteiger partial charge in [-0.05, 0) is 48.2 Å². The fourth-order valence-corrected chi connectivity index (χ4v) is 5.63. The molecule has 1 aromatic heterocycles. The van der Waals surface area contributed by atoms with E-state index in [0.717, 1.165) is 41.2 Å². The average Bonchev–Trinajstić information content (AvgIpc) is 3.14. The zero-order chi connectivity index (χ0) is 21.3. The van der Waals surface area contributed by atoms with E-state index < -0.39 is 12.6 Å². The van der Waals surface area contributed by atoms with Gasteiger partial charge in [-0.15, -0.1) is 11.3 Å². The van der Waals surface area contributed by atoms with Crippen LogP contribution in [0, 0.1) is 11.8 Å². The van der Waals surface area contributed by atoms with E-state index in [9.17, 15) is 19.8 Å². The summed E-state index contributed by atoms with van der Waals surface area (Å²) < 4.78 is 0. The molecule has 1 amide bonds. The van der Waals surface area contributed by atoms with Crippen molar-refractivity contribution in [3.8, 4) is 0 Å². The highest BCUT2D eigenvalue weighted by molar-refractivity contribution is 7.14. The Morgan fingerprint density at radius 3 is 2.41 bits per heavy atom. The molecule has 1 saturated carbocycles. The minimum atomic E-state index is -0.907. The van der Waals surface area contributed by atoms with Gasteiger partial charge in [-0.25, -0.2) is 4.79 Å². The Hall–Kier alpha value is -1.66. The van der Waals surface area contributed by atoms with Crippen molar-refractivity contribution in [1.29, 1.82) is 0 Å². The van der Waals surface area contributed by atoms with E-state index in [0.29, 0.717) is 23.9 Å². The number of carboxylic acid groups (broad SMARTS) is 1. The molecule has 0 bridgehead atoms. The normalized spacial score (nSPS) is 23.4. The molecule has 1 fully saturated rings. The van der Waals surface area contributed by atoms with Gasteiger partial charge in [0.05, 0.1) is 0 Å². The van der Waals surface area contributed by atoms with Crippen LogP contribution in [0.15, 0.2) is 11.6 Å². The molecule has 6 heteroatoms. The molecule has 5 nitrogen and oxygen atoms in total. The van der Waals surface area contributed by atoms with Crippen molar-refractivity contribution >= 4 is 28.8 Å². The first-order valence-corrected chi connectivity index (χ1v) is 11.4. The molecule has 1 aromatic rings. The van der Waals surface area contributed by atoms with E-state index >= 15 is 0 Å². The maximum Gasteiger partial charge on any atom is 0.346 e. The van der Waals surface area contributed by atoms with Crippen LogP contribution in [0.2, 0.25) is 0 Å². The topological polar surface area (TPSA) is 77.8 Å². The van der Waals surface area contributed by atoms with Crippen molar-refractivity contribution in [2.45, 2.75) is 65.2 Å². The van der Waals surface area contributed by atoms with E-state index in [1.54, 1.807) is 4.90 Å². The number of thiophene rings is 1. The van der Waals surface area contributed by atoms with Gasteiger partial charge in [0.25, 0.3) is 0 Å². The number of hydrogen-bond acceptors (Lipinski definition) is 4. The molecular weight excluding hydrogens is 386 g/mol. The van der Waals surface area contributed by atoms with Crippen LogP contribution in [0.1, 0.15) is 79.9 Å². The van der Waals surface area contributed by atoms with Crippen LogP contribution in [0.4, 0.5) is 0 Å². The molecule has 2 aliphatic rings. The molecular formula is C23H33NO4S. The predicted octanol–water partition coefficient (Wildman–Crippen LogP) is 4.55. The predicted molar refractivity (Wildman–Crippen MR) is 116 cm³/mol. The number of nitrogens with zero attached hydrogens (tertiary/aromatic N) is 1. The van der Waals surface area contributed by atoms with Crippen molar-refractivity contribution in [3.63, 3.8) is 0 Å². The minimum absolute atomic E-state index is 0.136. The third-order valence-corrected chi connectivity index (χ3v) is 7.92. The molecule has 0 aromatic carbocycles. The van der Waals surface area contributed by atoms with E-state index in [2.05, 4.69) is 27.7 Å². The van der Waals surface area contributed by atoms with Gasteiger partial charge in [-0.1, -0.05) is 46.1 Å². The summed E-state index contributed by atoms with van der Waals surface area (Å²) in [6.07, 6.45) is 5.42. The summed E-state index contributed by atoms with van der Waals surface area (Å²) in [7, 11) is 0. The largest absolute Gasteiger partial charge is 0.477 e. The van der Waals surface area contributed by atoms with E-state index in [-0.39, 0.29) is 11.3 Å². The zero-order valence-corrected chi connectivity index (χ0v) is 18.8. The van der Waals surface area contributed by atoms with Crippen LogP contribution < -0.4 is 0 Å². The Morgan fingerprint density at radius 2 is 1.86 bits per heavy atom. The monoisotopic (exact) mass is 419 g/mol. The third kappa shape index (κ3) is 4.75. The molecule has 0 saturated heterocycles. The van der Waals surface area contributed by atoms with Crippen LogP contribution in [0.5, 0.6) is 0 Å². The minimum Gasteiger partial charge on any atom is -0.477 e. The quantitative estimate of drug-likeness (QED) is 0.751. The third-order valence-electron chi connectivity index (χ3n) is 6.37. The Bertz CT molecular complexity index is 809. The highest BCUT2D eigenvalue weighted by Gasteiger charge is 2.33. The van der Waals surface area contributed by atoms with Crippen molar-refractivity contribution in [2.75, 3.05) is 19.7 Å². The molecule has 0 unspecified atom stereocenters. The van der Waals surface area contributed by atoms with Gasteiger partial charge in [0, 0.05) is 23.5 Å². The number of rotatable bonds is 4. The second-order valence-corrected chi connectivity index (χ2v) is 10.6. The van der Waals surface area contributed by atoms with Crippen LogP contribution in [-0.2, 0) is 10.2 Å². The second kappa shape index (κ2) is 8.60. The maximum atomic E-state index is 12.2. The summed E-state index contributed by atoms with van der Waals surface area (Å²) in [4.78, 5) is 27.3. The van der Waals surface area contributed by atoms with Gasteiger partial charge in [0.1, 0.15) is 11.5 Å². The van der Waals surface area contributed by atoms with Crippen molar-refractivity contribution in [3.05, 3.63) is 27.0 Å². The number of amides is 1. The Kier molecular flexibility index (Phi) is 6.54. The van der Waals surface area contributed by atoms with Gasteiger partial charge >= 0.3 is 5.97 Å². The van der Waals surface area contributed by atoms with Crippen LogP contribution in [-0.4, -0.2) is 46.7 Å². The average molecular weight is 420 g/mol. The zero-order valence-electron chi connectivity index (χ0n) is 18.0. The number of carboxylic acids is 1. The molecule has 29 heavy (non-hydrogen) atoms. The number of aliphatic hydroxyl groups excluding tert-OH is 1. The van der Waals surface area contributed by atoms with Gasteiger partial charge in [-0.3, -0.25) is 4.79 Å². The number of carbonyl (C=O) groups excluding carboxylic acids is 1. The summed E-state index contributed by atoms with van der Waals surface area (Å²) in [5.41, 5.74) is 2.97. The number of aromatic carboxylic acids is 1. The molecule has 160 valence electrons. The molecule has 3 rings (SSSR count). The molecule has 1 aliphatic heterocycles. The van der Waals surface area contributed by atoms with Gasteiger partial charge < -0.3 is 15.1 Å². The SMILES string of the molecule is CC1CCC(C2=C(c3cc(C(C)(C)C)sc3C(=O)O)CN(C(=O)CO)CC2)CC1. The maximum absolute atomic E-state index is 12.2. The molecule has 0 spiro atoms. The lowest BCUT2D eigenvalue weighted by atomic mass is 9.75. The smallest absolute Gasteiger partial charge is 0.346 e. The van der Waals surface area contributed by atoms with E-state index in [4.69, 9.17) is 0 Å². The van der Waals surface area contributed by atoms with Gasteiger partial charge in [0.2, 0.25) is 5.91 Å². The summed E-state index contributed by atoms with van der Waals surface area (Å²) in [5, 5.41) is 19.2. The molecule has 0 radical (unpaired) electrons. The van der Waals surface area contributed by atoms with Crippen LogP contribution >= 0.6 is 11.3 Å². The summed E-state index contributed by atoms with van der Waals surface area (Å²) in [6.45, 7) is 9.05. The molecule has 1 aliphatic carbocycles. The lowest BCUT2D eigenvalue weighted by molar-refractivity contribution is -0.133. The first-order chi connectivity index (χ1) is 13.6. The van der Waals surface area contributed by atoms with Crippen molar-refractivity contribution < 1.29 is 19.8 Å². The fraction of sp³-hybridized carbons (Fsp3) is 0.652. The summed E-state index contributed by atoms with van der Waals surface area (Å²) >= 11 is 1.35. The number of aliphatic hydroxyl groups is 1. The van der Waals surface area contributed by atoms with Crippen LogP contribution in [0.25, 0.3) is 5.57 Å². The second-order valence-electron chi connectivity index (χ2n) is 9.59. The molecule has 2 N–H and O–H groups in total. The Labute approximate surface area is 177 Å². The first kappa shape index (κ1) is 22.0. The first-order valence-electron chi connectivity index (χ1n) is 10.6. The lowest BCUT2D eigenvalue weighted by Gasteiger charge is -2.36. The standard InChI is InChI=1S/C23H33NO4S/c1-14-5-7-15(8-6-14)16-9-10-24(20(26)13-25)12-18(16)17-11-19(23(2,3)4)29-21(17)22(27)28/h11,14-15,25H,5-10,12-13H2,1-4H3,(H,27,28). The van der Waals surface area contributed by atoms with Gasteiger partial charge in [-0.2, -0.15) is 0 Å². The van der Waals surface area contributed by atoms with Crippen molar-refractivity contribution in [2.24, 2.45) is 11.8 Å². The molecule has 2 heterocycles. The van der Waals surface area contributed by atoms with Crippen molar-refractivity contribution in [1.82, 2.24) is 4.90 Å². The summed E-state index contributed by atoms with van der Waals surface area (Å²) in [6, 6.07) is 2.03. The Balaban J connectivity index is 2.09. The Morgan fingerprint density at radius 1 is 1.21 bits per heavy atom. The highest BCUT2D eigenvalue weighted by Crippen LogP contribution is 2.43. The van der Waals surface area contributed by atoms with Crippen LogP contribution in [0.3, 0.4) is 0 Å². The molecule has 0 atom stereocenters. The fourth-order valence-electron chi connectivity index (χ4n) is 4.55. The summed E-state index contributed by atoms with van der Waals surface area (Å²) in [5.74, 6) is 0.0129. The highest BCUT2D eigenvalue weighted by atomic mass is 32.1. The van der Waals surface area contributed by atoms with Gasteiger partial charge in [0.15, 0.2) is 0 Å².